The lowest BCUT2D eigenvalue weighted by Crippen LogP contribution is -2.08. The quantitative estimate of drug-likeness (QED) is 0.325. The van der Waals surface area contributed by atoms with E-state index in [2.05, 4.69) is 0 Å². The van der Waals surface area contributed by atoms with Crippen LogP contribution in [0.2, 0.25) is 0 Å². The molecule has 0 saturated heterocycles. The highest BCUT2D eigenvalue weighted by Crippen LogP contribution is 2.59. The second-order valence-corrected chi connectivity index (χ2v) is 8.94. The van der Waals surface area contributed by atoms with E-state index in [0.29, 0.717) is 33.8 Å². The Labute approximate surface area is 193 Å². The van der Waals surface area contributed by atoms with Crippen molar-refractivity contribution in [3.05, 3.63) is 114 Å². The molecule has 0 saturated carbocycles. The van der Waals surface area contributed by atoms with Gasteiger partial charge in [-0.25, -0.2) is 0 Å². The third-order valence-corrected chi connectivity index (χ3v) is 6.47. The van der Waals surface area contributed by atoms with Crippen molar-refractivity contribution in [2.45, 2.75) is 0 Å². The maximum absolute atomic E-state index is 12.8. The van der Waals surface area contributed by atoms with Crippen molar-refractivity contribution >= 4 is 7.60 Å². The van der Waals surface area contributed by atoms with Crippen LogP contribution in [-0.4, -0.2) is 24.0 Å². The van der Waals surface area contributed by atoms with Gasteiger partial charge in [0.25, 0.3) is 0 Å². The van der Waals surface area contributed by atoms with Crippen LogP contribution in [0.15, 0.2) is 97.1 Å². The van der Waals surface area contributed by atoms with Crippen molar-refractivity contribution in [2.75, 3.05) is 14.2 Å². The van der Waals surface area contributed by atoms with E-state index in [1.807, 2.05) is 60.7 Å². The van der Waals surface area contributed by atoms with E-state index in [-0.39, 0.29) is 5.66 Å². The van der Waals surface area contributed by atoms with Gasteiger partial charge >= 0.3 is 7.60 Å². The van der Waals surface area contributed by atoms with E-state index in [1.165, 1.54) is 7.11 Å². The predicted molar refractivity (Wildman–Crippen MR) is 130 cm³/mol. The van der Waals surface area contributed by atoms with Gasteiger partial charge in [0.1, 0.15) is 17.2 Å². The van der Waals surface area contributed by atoms with E-state index in [1.54, 1.807) is 43.5 Å². The molecule has 0 heterocycles. The Balaban J connectivity index is 2.14. The average molecular weight is 459 g/mol. The molecule has 33 heavy (non-hydrogen) atoms. The summed E-state index contributed by atoms with van der Waals surface area (Å²) in [5.41, 5.74) is 3.63. The van der Waals surface area contributed by atoms with Crippen LogP contribution >= 0.6 is 7.60 Å². The maximum Gasteiger partial charge on any atom is 0.342 e. The summed E-state index contributed by atoms with van der Waals surface area (Å²) in [6.07, 6.45) is 0. The third-order valence-electron chi connectivity index (χ3n) is 5.39. The minimum absolute atomic E-state index is 0.0850. The molecule has 0 spiro atoms. The summed E-state index contributed by atoms with van der Waals surface area (Å²) >= 11 is 0. The summed E-state index contributed by atoms with van der Waals surface area (Å²) in [6, 6.07) is 29.5. The summed E-state index contributed by atoms with van der Waals surface area (Å²) in [4.78, 5) is 20.9. The van der Waals surface area contributed by atoms with Crippen LogP contribution < -0.4 is 9.47 Å². The normalized spacial score (nSPS) is 11.4. The van der Waals surface area contributed by atoms with Gasteiger partial charge in [0.2, 0.25) is 0 Å². The first-order chi connectivity index (χ1) is 16.0. The van der Waals surface area contributed by atoms with Gasteiger partial charge in [-0.2, -0.15) is 0 Å². The number of methoxy groups -OCH3 is 2. The number of hydrogen-bond donors (Lipinski definition) is 2. The Morgan fingerprint density at radius 1 is 0.697 bits per heavy atom. The fraction of sp³-hybridized carbons (Fsp3) is 0.0741. The maximum atomic E-state index is 12.8. The van der Waals surface area contributed by atoms with Crippen LogP contribution in [0.1, 0.15) is 11.1 Å². The highest BCUT2D eigenvalue weighted by Gasteiger charge is 2.38. The molecular weight excluding hydrogens is 435 g/mol. The molecule has 167 valence electrons. The zero-order valence-corrected chi connectivity index (χ0v) is 19.2. The number of rotatable bonds is 7. The molecule has 0 fully saturated rings. The fourth-order valence-corrected chi connectivity index (χ4v) is 5.01. The van der Waals surface area contributed by atoms with E-state index in [0.717, 1.165) is 11.1 Å². The topological polar surface area (TPSA) is 76.0 Å². The summed E-state index contributed by atoms with van der Waals surface area (Å²) < 4.78 is 24.5. The highest BCUT2D eigenvalue weighted by molar-refractivity contribution is 7.56. The molecule has 2 N–H and O–H groups in total. The lowest BCUT2D eigenvalue weighted by atomic mass is 9.89. The first-order valence-electron chi connectivity index (χ1n) is 10.3. The summed E-state index contributed by atoms with van der Waals surface area (Å²) in [5.74, 6) is 0.929. The number of benzene rings is 4. The number of hydrogen-bond acceptors (Lipinski definition) is 3. The molecule has 0 aliphatic heterocycles. The SMILES string of the molecule is COc1cc([C](c2ccccc2)P(=O)(O)O)c(-c2ccccc2)c(OC)c1-c1ccccc1. The molecule has 0 unspecified atom stereocenters. The molecule has 4 aromatic rings. The molecule has 0 amide bonds. The molecule has 0 aliphatic carbocycles. The fourth-order valence-electron chi connectivity index (χ4n) is 4.03. The van der Waals surface area contributed by atoms with Crippen molar-refractivity contribution in [1.82, 2.24) is 0 Å². The summed E-state index contributed by atoms with van der Waals surface area (Å²) in [6.45, 7) is 0. The lowest BCUT2D eigenvalue weighted by molar-refractivity contribution is 0.377. The van der Waals surface area contributed by atoms with E-state index in [9.17, 15) is 14.4 Å². The first-order valence-corrected chi connectivity index (χ1v) is 12.0. The van der Waals surface area contributed by atoms with Crippen molar-refractivity contribution in [3.8, 4) is 33.8 Å². The lowest BCUT2D eigenvalue weighted by Gasteiger charge is -2.26. The van der Waals surface area contributed by atoms with Gasteiger partial charge in [-0.1, -0.05) is 91.0 Å². The smallest absolute Gasteiger partial charge is 0.342 e. The van der Waals surface area contributed by atoms with Crippen LogP contribution in [0.3, 0.4) is 0 Å². The second kappa shape index (κ2) is 9.63. The zero-order valence-electron chi connectivity index (χ0n) is 18.3. The summed E-state index contributed by atoms with van der Waals surface area (Å²) in [5, 5.41) is 0. The molecule has 0 aliphatic rings. The van der Waals surface area contributed by atoms with E-state index < -0.39 is 7.60 Å². The third kappa shape index (κ3) is 4.57. The standard InChI is InChI=1S/C27H24O5P/c1-31-23-18-22(27(33(28,29)30)21-16-10-5-11-17-21)24(19-12-6-3-7-13-19)26(32-2)25(23)20-14-8-4-9-15-20/h3-18H,1-2H3,(H2,28,29,30). The summed E-state index contributed by atoms with van der Waals surface area (Å²) in [7, 11) is -1.62. The molecule has 0 bridgehead atoms. The Hall–Kier alpha value is -3.37. The van der Waals surface area contributed by atoms with Crippen LogP contribution in [0, 0.1) is 5.66 Å². The van der Waals surface area contributed by atoms with Crippen LogP contribution in [0.5, 0.6) is 11.5 Å². The Morgan fingerprint density at radius 2 is 1.18 bits per heavy atom. The van der Waals surface area contributed by atoms with Crippen LogP contribution in [0.4, 0.5) is 0 Å². The van der Waals surface area contributed by atoms with Crippen molar-refractivity contribution in [3.63, 3.8) is 0 Å². The molecule has 6 heteroatoms. The molecule has 5 nitrogen and oxygen atoms in total. The molecule has 0 aromatic heterocycles. The van der Waals surface area contributed by atoms with Crippen molar-refractivity contribution < 1.29 is 23.8 Å². The predicted octanol–water partition coefficient (Wildman–Crippen LogP) is 6.14. The number of ether oxygens (including phenoxy) is 2. The van der Waals surface area contributed by atoms with Gasteiger partial charge in [0.15, 0.2) is 0 Å². The van der Waals surface area contributed by atoms with Crippen LogP contribution in [-0.2, 0) is 4.57 Å². The van der Waals surface area contributed by atoms with Crippen LogP contribution in [0.25, 0.3) is 22.3 Å². The van der Waals surface area contributed by atoms with Crippen molar-refractivity contribution in [1.29, 1.82) is 0 Å². The van der Waals surface area contributed by atoms with Gasteiger partial charge in [-0.3, -0.25) is 4.57 Å². The average Bonchev–Trinajstić information content (AvgIpc) is 2.84. The highest BCUT2D eigenvalue weighted by atomic mass is 31.2. The molecule has 4 rings (SSSR count). The van der Waals surface area contributed by atoms with Gasteiger partial charge in [0, 0.05) is 5.56 Å². The Morgan fingerprint density at radius 3 is 1.64 bits per heavy atom. The molecule has 0 atom stereocenters. The Kier molecular flexibility index (Phi) is 6.66. The molecular formula is C27H24O5P. The molecule has 4 aromatic carbocycles. The van der Waals surface area contributed by atoms with Crippen molar-refractivity contribution in [2.24, 2.45) is 0 Å². The molecule has 1 radical (unpaired) electrons. The largest absolute Gasteiger partial charge is 0.496 e. The van der Waals surface area contributed by atoms with Gasteiger partial charge in [0.05, 0.1) is 19.8 Å². The Bertz CT molecular complexity index is 1270. The van der Waals surface area contributed by atoms with Gasteiger partial charge in [-0.05, 0) is 28.3 Å². The zero-order chi connectivity index (χ0) is 23.4. The monoisotopic (exact) mass is 459 g/mol. The van der Waals surface area contributed by atoms with Gasteiger partial charge < -0.3 is 19.3 Å². The minimum atomic E-state index is -4.71. The van der Waals surface area contributed by atoms with E-state index in [4.69, 9.17) is 9.47 Å². The van der Waals surface area contributed by atoms with E-state index >= 15 is 0 Å². The second-order valence-electron chi connectivity index (χ2n) is 7.40. The minimum Gasteiger partial charge on any atom is -0.496 e. The first kappa shape index (κ1) is 22.8. The van der Waals surface area contributed by atoms with Gasteiger partial charge in [-0.15, -0.1) is 0 Å².